The number of benzene rings is 1. The molecule has 1 aliphatic carbocycles. The molecule has 0 saturated heterocycles. The molecule has 0 unspecified atom stereocenters. The van der Waals surface area contributed by atoms with E-state index in [0.717, 1.165) is 52.9 Å². The number of para-hydroxylation sites is 1. The molecular weight excluding hydrogens is 366 g/mol. The molecule has 1 N–H and O–H groups in total. The lowest BCUT2D eigenvalue weighted by Crippen LogP contribution is -2.48. The molecule has 1 saturated carbocycles. The van der Waals surface area contributed by atoms with Crippen molar-refractivity contribution in [2.75, 3.05) is 0 Å². The quantitative estimate of drug-likeness (QED) is 0.641. The minimum Gasteiger partial charge on any atom is -0.335 e. The Kier molecular flexibility index (Phi) is 5.15. The molecule has 3 aromatic rings. The Morgan fingerprint density at radius 2 is 1.96 bits per heavy atom. The van der Waals surface area contributed by atoms with Crippen LogP contribution >= 0.6 is 11.3 Å². The van der Waals surface area contributed by atoms with Crippen molar-refractivity contribution >= 4 is 28.1 Å². The van der Waals surface area contributed by atoms with Crippen molar-refractivity contribution < 1.29 is 4.79 Å². The normalized spacial score (nSPS) is 15.6. The third-order valence-electron chi connectivity index (χ3n) is 5.21. The van der Waals surface area contributed by atoms with Gasteiger partial charge in [0.15, 0.2) is 0 Å². The summed E-state index contributed by atoms with van der Waals surface area (Å²) in [5.74, 6) is 6.63. The third kappa shape index (κ3) is 3.93. The highest BCUT2D eigenvalue weighted by atomic mass is 32.1. The van der Waals surface area contributed by atoms with E-state index < -0.39 is 5.54 Å². The van der Waals surface area contributed by atoms with Crippen molar-refractivity contribution in [3.63, 3.8) is 0 Å². The lowest BCUT2D eigenvalue weighted by Gasteiger charge is -2.33. The van der Waals surface area contributed by atoms with Crippen LogP contribution in [0.2, 0.25) is 0 Å². The van der Waals surface area contributed by atoms with E-state index in [1.165, 1.54) is 17.8 Å². The highest BCUT2D eigenvalue weighted by molar-refractivity contribution is 7.13. The monoisotopic (exact) mass is 389 g/mol. The first-order chi connectivity index (χ1) is 13.5. The van der Waals surface area contributed by atoms with E-state index in [2.05, 4.69) is 33.2 Å². The van der Waals surface area contributed by atoms with Crippen LogP contribution in [0, 0.1) is 25.7 Å². The zero-order valence-corrected chi connectivity index (χ0v) is 17.0. The molecule has 1 aromatic carbocycles. The number of nitrogens with one attached hydrogen (secondary N) is 1. The number of carbonyl (C=O) groups is 1. The van der Waals surface area contributed by atoms with Gasteiger partial charge in [-0.15, -0.1) is 11.3 Å². The first-order valence-corrected chi connectivity index (χ1v) is 10.5. The van der Waals surface area contributed by atoms with Crippen LogP contribution in [0.3, 0.4) is 0 Å². The van der Waals surface area contributed by atoms with Gasteiger partial charge in [0.1, 0.15) is 10.4 Å². The predicted octanol–water partition coefficient (Wildman–Crippen LogP) is 4.79. The Balaban J connectivity index is 1.63. The fourth-order valence-electron chi connectivity index (χ4n) is 3.78. The molecule has 0 aliphatic heterocycles. The second-order valence-corrected chi connectivity index (χ2v) is 8.61. The number of nitrogens with zero attached hydrogens (tertiary/aromatic N) is 2. The van der Waals surface area contributed by atoms with Gasteiger partial charge in [0, 0.05) is 17.1 Å². The zero-order valence-electron chi connectivity index (χ0n) is 16.2. The molecule has 1 amide bonds. The average molecular weight is 390 g/mol. The molecule has 0 bridgehead atoms. The molecule has 0 spiro atoms. The molecule has 1 aliphatic rings. The summed E-state index contributed by atoms with van der Waals surface area (Å²) in [7, 11) is 0. The molecule has 5 heteroatoms. The Bertz CT molecular complexity index is 1080. The molecular formula is C23H23N3OS. The summed E-state index contributed by atoms with van der Waals surface area (Å²) < 4.78 is 0. The van der Waals surface area contributed by atoms with E-state index in [4.69, 9.17) is 0 Å². The zero-order chi connectivity index (χ0) is 19.6. The molecule has 142 valence electrons. The third-order valence-corrected chi connectivity index (χ3v) is 6.28. The lowest BCUT2D eigenvalue weighted by molar-refractivity contribution is 0.0907. The van der Waals surface area contributed by atoms with Crippen LogP contribution in [0.15, 0.2) is 36.5 Å². The van der Waals surface area contributed by atoms with E-state index in [1.54, 1.807) is 0 Å². The van der Waals surface area contributed by atoms with Crippen molar-refractivity contribution in [1.82, 2.24) is 15.3 Å². The Morgan fingerprint density at radius 3 is 2.71 bits per heavy atom. The summed E-state index contributed by atoms with van der Waals surface area (Å²) in [5.41, 5.74) is 2.15. The summed E-state index contributed by atoms with van der Waals surface area (Å²) >= 11 is 1.44. The lowest BCUT2D eigenvalue weighted by atomic mass is 9.82. The van der Waals surface area contributed by atoms with Crippen molar-refractivity contribution in [3.8, 4) is 11.8 Å². The first-order valence-electron chi connectivity index (χ1n) is 9.69. The summed E-state index contributed by atoms with van der Waals surface area (Å²) in [5, 5.41) is 5.23. The summed E-state index contributed by atoms with van der Waals surface area (Å²) in [4.78, 5) is 22.5. The minimum atomic E-state index is -0.481. The van der Waals surface area contributed by atoms with Crippen LogP contribution in [-0.2, 0) is 0 Å². The van der Waals surface area contributed by atoms with Gasteiger partial charge in [-0.3, -0.25) is 9.78 Å². The second-order valence-electron chi connectivity index (χ2n) is 7.41. The van der Waals surface area contributed by atoms with Crippen molar-refractivity contribution in [1.29, 1.82) is 0 Å². The fourth-order valence-corrected chi connectivity index (χ4v) is 4.60. The van der Waals surface area contributed by atoms with Gasteiger partial charge < -0.3 is 5.32 Å². The standard InChI is InChI=1S/C23H23N3OS/c1-16-21(28-17(2)25-16)22(27)26-23(11-6-3-7-12-23)13-10-18-14-19-8-4-5-9-20(19)24-15-18/h4-5,8-9,14-15H,3,6-7,11-12H2,1-2H3,(H,26,27). The van der Waals surface area contributed by atoms with E-state index in [1.807, 2.05) is 44.3 Å². The number of aryl methyl sites for hydroxylation is 2. The van der Waals surface area contributed by atoms with Crippen LogP contribution in [0.5, 0.6) is 0 Å². The van der Waals surface area contributed by atoms with Gasteiger partial charge >= 0.3 is 0 Å². The van der Waals surface area contributed by atoms with Gasteiger partial charge in [-0.2, -0.15) is 0 Å². The van der Waals surface area contributed by atoms with E-state index in [0.29, 0.717) is 4.88 Å². The number of amides is 1. The molecule has 0 atom stereocenters. The second kappa shape index (κ2) is 7.73. The number of rotatable bonds is 2. The number of hydrogen-bond acceptors (Lipinski definition) is 4. The van der Waals surface area contributed by atoms with E-state index in [-0.39, 0.29) is 5.91 Å². The number of thiazole rings is 1. The Morgan fingerprint density at radius 1 is 1.18 bits per heavy atom. The molecule has 1 fully saturated rings. The largest absolute Gasteiger partial charge is 0.335 e. The first kappa shape index (κ1) is 18.6. The maximum Gasteiger partial charge on any atom is 0.264 e. The van der Waals surface area contributed by atoms with Gasteiger partial charge in [-0.05, 0) is 38.8 Å². The van der Waals surface area contributed by atoms with Crippen molar-refractivity contribution in [2.45, 2.75) is 51.5 Å². The maximum atomic E-state index is 12.9. The van der Waals surface area contributed by atoms with Crippen LogP contribution in [0.25, 0.3) is 10.9 Å². The van der Waals surface area contributed by atoms with Crippen molar-refractivity contribution in [3.05, 3.63) is 57.7 Å². The molecule has 2 heterocycles. The van der Waals surface area contributed by atoms with Crippen LogP contribution in [0.1, 0.15) is 58.0 Å². The molecule has 2 aromatic heterocycles. The van der Waals surface area contributed by atoms with E-state index >= 15 is 0 Å². The summed E-state index contributed by atoms with van der Waals surface area (Å²) in [6, 6.07) is 10.1. The van der Waals surface area contributed by atoms with Gasteiger partial charge in [0.05, 0.1) is 16.2 Å². The van der Waals surface area contributed by atoms with Crippen LogP contribution in [0.4, 0.5) is 0 Å². The summed E-state index contributed by atoms with van der Waals surface area (Å²) in [6.45, 7) is 3.82. The van der Waals surface area contributed by atoms with Crippen LogP contribution < -0.4 is 5.32 Å². The van der Waals surface area contributed by atoms with Gasteiger partial charge in [0.25, 0.3) is 5.91 Å². The van der Waals surface area contributed by atoms with Gasteiger partial charge in [-0.1, -0.05) is 49.3 Å². The number of hydrogen-bond donors (Lipinski definition) is 1. The number of aromatic nitrogens is 2. The topological polar surface area (TPSA) is 54.9 Å². The minimum absolute atomic E-state index is 0.0593. The maximum absolute atomic E-state index is 12.9. The molecule has 28 heavy (non-hydrogen) atoms. The number of pyridine rings is 1. The molecule has 4 nitrogen and oxygen atoms in total. The molecule has 0 radical (unpaired) electrons. The highest BCUT2D eigenvalue weighted by Crippen LogP contribution is 2.29. The average Bonchev–Trinajstić information content (AvgIpc) is 3.05. The van der Waals surface area contributed by atoms with E-state index in [9.17, 15) is 4.79 Å². The Hall–Kier alpha value is -2.71. The fraction of sp³-hybridized carbons (Fsp3) is 0.348. The SMILES string of the molecule is Cc1nc(C)c(C(=O)NC2(C#Cc3cnc4ccccc4c3)CCCCC2)s1. The molecule has 4 rings (SSSR count). The smallest absolute Gasteiger partial charge is 0.264 e. The van der Waals surface area contributed by atoms with Crippen molar-refractivity contribution in [2.24, 2.45) is 0 Å². The predicted molar refractivity (Wildman–Crippen MR) is 113 cm³/mol. The van der Waals surface area contributed by atoms with Gasteiger partial charge in [-0.25, -0.2) is 4.98 Å². The summed E-state index contributed by atoms with van der Waals surface area (Å²) in [6.07, 6.45) is 6.91. The Labute approximate surface area is 169 Å². The van der Waals surface area contributed by atoms with Crippen LogP contribution in [-0.4, -0.2) is 21.4 Å². The van der Waals surface area contributed by atoms with Gasteiger partial charge in [0.2, 0.25) is 0 Å². The highest BCUT2D eigenvalue weighted by Gasteiger charge is 2.33. The number of carbonyl (C=O) groups excluding carboxylic acids is 1. The number of fused-ring (bicyclic) bond motifs is 1.